The molecule has 1 aliphatic rings. The monoisotopic (exact) mass is 376 g/mol. The molecule has 0 N–H and O–H groups in total. The van der Waals surface area contributed by atoms with Gasteiger partial charge in [0.15, 0.2) is 0 Å². The fourth-order valence-electron chi connectivity index (χ4n) is 1.19. The highest BCUT2D eigenvalue weighted by Crippen LogP contribution is 2.55. The van der Waals surface area contributed by atoms with E-state index in [-0.39, 0.29) is 18.0 Å². The van der Waals surface area contributed by atoms with E-state index in [1.54, 1.807) is 0 Å². The van der Waals surface area contributed by atoms with Gasteiger partial charge < -0.3 is 0 Å². The molecule has 88 valence electrons. The van der Waals surface area contributed by atoms with Crippen molar-refractivity contribution in [1.29, 1.82) is 0 Å². The minimum absolute atomic E-state index is 0.0825. The Bertz CT molecular complexity index is 344. The number of hydrogen-bond donors (Lipinski definition) is 0. The maximum absolute atomic E-state index is 5.66. The van der Waals surface area contributed by atoms with Gasteiger partial charge in [-0.3, -0.25) is 0 Å². The molecule has 0 nitrogen and oxygen atoms in total. The molecule has 1 aliphatic carbocycles. The number of hydrogen-bond acceptors (Lipinski definition) is 0. The zero-order valence-corrected chi connectivity index (χ0v) is 13.1. The summed E-state index contributed by atoms with van der Waals surface area (Å²) >= 11 is 45.3. The summed E-state index contributed by atoms with van der Waals surface area (Å²) < 4.78 is -0.330. The predicted molar refractivity (Wildman–Crippen MR) is 74.9 cm³/mol. The second kappa shape index (κ2) is 5.95. The lowest BCUT2D eigenvalue weighted by molar-refractivity contribution is 1.24. The first-order valence-corrected chi connectivity index (χ1v) is 6.54. The normalized spacial score (nSPS) is 15.0. The van der Waals surface area contributed by atoms with Crippen molar-refractivity contribution < 1.29 is 0 Å². The molecular formula is C8Cl8. The molecule has 16 heavy (non-hydrogen) atoms. The van der Waals surface area contributed by atoms with Gasteiger partial charge in [-0.15, -0.1) is 0 Å². The predicted octanol–water partition coefficient (Wildman–Crippen LogP) is 6.76. The topological polar surface area (TPSA) is 0 Å². The molecule has 0 aromatic carbocycles. The van der Waals surface area contributed by atoms with E-state index in [4.69, 9.17) is 92.8 Å². The van der Waals surface area contributed by atoms with Crippen LogP contribution in [0.1, 0.15) is 0 Å². The van der Waals surface area contributed by atoms with Gasteiger partial charge in [0.25, 0.3) is 0 Å². The van der Waals surface area contributed by atoms with E-state index >= 15 is 0 Å². The Morgan fingerprint density at radius 2 is 0.500 bits per heavy atom. The molecule has 0 bridgehead atoms. The second-order valence-electron chi connectivity index (χ2n) is 2.54. The Labute approximate surface area is 132 Å². The van der Waals surface area contributed by atoms with Crippen molar-refractivity contribution in [3.8, 4) is 0 Å². The van der Waals surface area contributed by atoms with Crippen LogP contribution in [0.3, 0.4) is 0 Å². The van der Waals surface area contributed by atoms with E-state index in [2.05, 4.69) is 0 Å². The van der Waals surface area contributed by atoms with Gasteiger partial charge in [0.1, 0.15) is 18.0 Å². The lowest BCUT2D eigenvalue weighted by Gasteiger charge is -2.30. The van der Waals surface area contributed by atoms with Crippen molar-refractivity contribution >= 4 is 92.8 Å². The summed E-state index contributed by atoms with van der Waals surface area (Å²) in [5.74, 6) is 0. The van der Waals surface area contributed by atoms with Gasteiger partial charge in [-0.2, -0.15) is 0 Å². The van der Waals surface area contributed by atoms with Crippen molar-refractivity contribution in [3.05, 3.63) is 40.3 Å². The molecule has 1 fully saturated rings. The average Bonchev–Trinajstić information content (AvgIpc) is 1.97. The van der Waals surface area contributed by atoms with Gasteiger partial charge in [0.05, 0.1) is 0 Å². The van der Waals surface area contributed by atoms with Gasteiger partial charge >= 0.3 is 0 Å². The van der Waals surface area contributed by atoms with E-state index in [9.17, 15) is 0 Å². The van der Waals surface area contributed by atoms with Crippen LogP contribution in [0.25, 0.3) is 0 Å². The van der Waals surface area contributed by atoms with Gasteiger partial charge in [0.2, 0.25) is 0 Å². The van der Waals surface area contributed by atoms with E-state index in [0.717, 1.165) is 0 Å². The molecule has 1 rings (SSSR count). The van der Waals surface area contributed by atoms with Crippen molar-refractivity contribution in [3.63, 3.8) is 0 Å². The molecule has 0 atom stereocenters. The standard InChI is InChI=1S/C8Cl8/c9-5(10)1-2(6(11)12)4(8(15)16)3(1)7(13)14. The van der Waals surface area contributed by atoms with Crippen molar-refractivity contribution in [2.45, 2.75) is 0 Å². The summed E-state index contributed by atoms with van der Waals surface area (Å²) in [6.45, 7) is 0. The molecule has 0 aliphatic heterocycles. The third kappa shape index (κ3) is 2.81. The SMILES string of the molecule is ClC(Cl)=C1C(=C(Cl)Cl)C(=C(Cl)Cl)C1=C(Cl)Cl. The third-order valence-electron chi connectivity index (χ3n) is 1.76. The highest BCUT2D eigenvalue weighted by molar-refractivity contribution is 6.62. The van der Waals surface area contributed by atoms with Gasteiger partial charge in [-0.1, -0.05) is 92.8 Å². The highest BCUT2D eigenvalue weighted by Gasteiger charge is 2.38. The largest absolute Gasteiger partial charge is 0.115 e. The summed E-state index contributed by atoms with van der Waals surface area (Å²) in [7, 11) is 0. The van der Waals surface area contributed by atoms with Crippen molar-refractivity contribution in [2.75, 3.05) is 0 Å². The molecule has 8 heteroatoms. The molecule has 0 amide bonds. The summed E-state index contributed by atoms with van der Waals surface area (Å²) in [6, 6.07) is 0. The summed E-state index contributed by atoms with van der Waals surface area (Å²) in [5, 5.41) is 0. The smallest absolute Gasteiger partial charge is 0.0702 e. The van der Waals surface area contributed by atoms with E-state index in [0.29, 0.717) is 22.3 Å². The Morgan fingerprint density at radius 3 is 0.562 bits per heavy atom. The van der Waals surface area contributed by atoms with Crippen LogP contribution in [0.2, 0.25) is 0 Å². The van der Waals surface area contributed by atoms with Crippen LogP contribution in [-0.2, 0) is 0 Å². The molecule has 0 aromatic rings. The molecule has 0 radical (unpaired) electrons. The maximum Gasteiger partial charge on any atom is 0.115 e. The van der Waals surface area contributed by atoms with Gasteiger partial charge in [0, 0.05) is 22.3 Å². The Kier molecular flexibility index (Phi) is 5.70. The summed E-state index contributed by atoms with van der Waals surface area (Å²) in [5.41, 5.74) is 1.27. The van der Waals surface area contributed by atoms with E-state index < -0.39 is 0 Å². The highest BCUT2D eigenvalue weighted by atomic mass is 35.5. The van der Waals surface area contributed by atoms with E-state index in [1.165, 1.54) is 0 Å². The lowest BCUT2D eigenvalue weighted by Crippen LogP contribution is -2.15. The molecule has 0 spiro atoms. The first kappa shape index (κ1) is 15.3. The number of allylic oxidation sites excluding steroid dienone is 4. The number of halogens is 8. The third-order valence-corrected chi connectivity index (χ3v) is 3.27. The lowest BCUT2D eigenvalue weighted by atomic mass is 9.78. The molecule has 0 unspecified atom stereocenters. The van der Waals surface area contributed by atoms with E-state index in [1.807, 2.05) is 0 Å². The van der Waals surface area contributed by atoms with Crippen LogP contribution in [-0.4, -0.2) is 0 Å². The fraction of sp³-hybridized carbons (Fsp3) is 0. The van der Waals surface area contributed by atoms with Gasteiger partial charge in [-0.25, -0.2) is 0 Å². The van der Waals surface area contributed by atoms with Crippen LogP contribution < -0.4 is 0 Å². The fourth-order valence-corrected chi connectivity index (χ4v) is 2.71. The Balaban J connectivity index is 3.60. The minimum atomic E-state index is -0.0825. The quantitative estimate of drug-likeness (QED) is 0.436. The molecule has 0 heterocycles. The summed E-state index contributed by atoms with van der Waals surface area (Å²) in [6.07, 6.45) is 0. The zero-order valence-electron chi connectivity index (χ0n) is 7.02. The molecule has 0 aromatic heterocycles. The van der Waals surface area contributed by atoms with Crippen LogP contribution in [0.4, 0.5) is 0 Å². The molecule has 0 saturated heterocycles. The number of rotatable bonds is 0. The molecule has 1 saturated carbocycles. The second-order valence-corrected chi connectivity index (χ2v) is 6.34. The van der Waals surface area contributed by atoms with Crippen molar-refractivity contribution in [1.82, 2.24) is 0 Å². The van der Waals surface area contributed by atoms with Crippen molar-refractivity contribution in [2.24, 2.45) is 0 Å². The first-order chi connectivity index (χ1) is 7.29. The van der Waals surface area contributed by atoms with Crippen LogP contribution >= 0.6 is 92.8 Å². The summed E-state index contributed by atoms with van der Waals surface area (Å²) in [4.78, 5) is 0. The van der Waals surface area contributed by atoms with Gasteiger partial charge in [-0.05, 0) is 0 Å². The first-order valence-electron chi connectivity index (χ1n) is 3.51. The average molecular weight is 380 g/mol. The zero-order chi connectivity index (χ0) is 12.6. The Morgan fingerprint density at radius 1 is 0.375 bits per heavy atom. The Hall–Kier alpha value is 1.28. The molecular weight excluding hydrogens is 380 g/mol. The van der Waals surface area contributed by atoms with Crippen LogP contribution in [0, 0.1) is 0 Å². The van der Waals surface area contributed by atoms with Crippen LogP contribution in [0.5, 0.6) is 0 Å². The van der Waals surface area contributed by atoms with Crippen LogP contribution in [0.15, 0.2) is 40.3 Å². The maximum atomic E-state index is 5.66. The minimum Gasteiger partial charge on any atom is -0.0702 e.